The predicted molar refractivity (Wildman–Crippen MR) is 101 cm³/mol. The molecule has 1 aromatic carbocycles. The molecule has 0 saturated carbocycles. The van der Waals surface area contributed by atoms with Crippen molar-refractivity contribution in [1.82, 2.24) is 24.7 Å². The van der Waals surface area contributed by atoms with Gasteiger partial charge in [-0.3, -0.25) is 9.78 Å². The second-order valence-corrected chi connectivity index (χ2v) is 5.90. The molecule has 4 aromatic rings. The van der Waals surface area contributed by atoms with Gasteiger partial charge in [-0.1, -0.05) is 30.3 Å². The van der Waals surface area contributed by atoms with E-state index in [0.29, 0.717) is 23.8 Å². The lowest BCUT2D eigenvalue weighted by atomic mass is 10.2. The number of pyridine rings is 2. The first kappa shape index (κ1) is 16.9. The molecule has 27 heavy (non-hydrogen) atoms. The van der Waals surface area contributed by atoms with Crippen molar-refractivity contribution in [2.45, 2.75) is 13.3 Å². The Morgan fingerprint density at radius 2 is 1.81 bits per heavy atom. The van der Waals surface area contributed by atoms with Gasteiger partial charge in [0.2, 0.25) is 5.56 Å². The zero-order valence-corrected chi connectivity index (χ0v) is 14.4. The molecular formula is C20H17N5O2. The van der Waals surface area contributed by atoms with Gasteiger partial charge in [-0.2, -0.15) is 0 Å². The number of hydrogen-bond donors (Lipinski definition) is 1. The van der Waals surface area contributed by atoms with Crippen LogP contribution in [0, 0.1) is 0 Å². The van der Waals surface area contributed by atoms with E-state index in [2.05, 4.69) is 20.1 Å². The summed E-state index contributed by atoms with van der Waals surface area (Å²) in [6.45, 7) is 0.676. The molecule has 0 unspecified atom stereocenters. The maximum absolute atomic E-state index is 11.7. The molecule has 0 atom stereocenters. The minimum absolute atomic E-state index is 0.197. The van der Waals surface area contributed by atoms with Crippen LogP contribution in [0.2, 0.25) is 0 Å². The molecule has 0 fully saturated rings. The summed E-state index contributed by atoms with van der Waals surface area (Å²) in [7, 11) is 0. The topological polar surface area (TPSA) is 85.7 Å². The number of ether oxygens (including phenoxy) is 1. The summed E-state index contributed by atoms with van der Waals surface area (Å²) >= 11 is 0. The molecule has 4 rings (SSSR count). The van der Waals surface area contributed by atoms with E-state index in [0.717, 1.165) is 11.1 Å². The first-order chi connectivity index (χ1) is 13.3. The van der Waals surface area contributed by atoms with Crippen LogP contribution in [-0.4, -0.2) is 24.7 Å². The number of aromatic nitrogens is 5. The number of nitrogens with zero attached hydrogens (tertiary/aromatic N) is 4. The van der Waals surface area contributed by atoms with E-state index < -0.39 is 0 Å². The monoisotopic (exact) mass is 359 g/mol. The van der Waals surface area contributed by atoms with Gasteiger partial charge >= 0.3 is 0 Å². The van der Waals surface area contributed by atoms with Crippen LogP contribution in [0.4, 0.5) is 0 Å². The fraction of sp³-hybridized carbons (Fsp3) is 0.100. The van der Waals surface area contributed by atoms with Gasteiger partial charge in [0, 0.05) is 35.8 Å². The Morgan fingerprint density at radius 3 is 2.59 bits per heavy atom. The molecule has 3 aromatic heterocycles. The van der Waals surface area contributed by atoms with Crippen LogP contribution < -0.4 is 5.56 Å². The highest BCUT2D eigenvalue weighted by atomic mass is 16.5. The first-order valence-electron chi connectivity index (χ1n) is 8.45. The molecule has 0 amide bonds. The minimum Gasteiger partial charge on any atom is -0.354 e. The van der Waals surface area contributed by atoms with Gasteiger partial charge in [0.05, 0.1) is 6.61 Å². The van der Waals surface area contributed by atoms with Crippen LogP contribution in [0.5, 0.6) is 0 Å². The largest absolute Gasteiger partial charge is 0.354 e. The van der Waals surface area contributed by atoms with Gasteiger partial charge < -0.3 is 9.72 Å². The molecule has 3 heterocycles. The maximum Gasteiger partial charge on any atom is 0.248 e. The number of H-pyrrole nitrogens is 1. The Hall–Kier alpha value is -3.58. The van der Waals surface area contributed by atoms with Crippen LogP contribution in [0.25, 0.3) is 22.8 Å². The van der Waals surface area contributed by atoms with Gasteiger partial charge in [0.15, 0.2) is 11.6 Å². The molecular weight excluding hydrogens is 342 g/mol. The van der Waals surface area contributed by atoms with E-state index in [1.54, 1.807) is 29.3 Å². The van der Waals surface area contributed by atoms with E-state index in [1.165, 1.54) is 6.07 Å². The Bertz CT molecular complexity index is 1070. The quantitative estimate of drug-likeness (QED) is 0.572. The molecule has 1 N–H and O–H groups in total. The molecule has 0 saturated heterocycles. The van der Waals surface area contributed by atoms with Gasteiger partial charge in [0.25, 0.3) is 0 Å². The molecule has 7 heteroatoms. The van der Waals surface area contributed by atoms with Crippen molar-refractivity contribution in [2.75, 3.05) is 0 Å². The Balaban J connectivity index is 1.64. The molecule has 0 bridgehead atoms. The van der Waals surface area contributed by atoms with Crippen LogP contribution in [0.1, 0.15) is 5.56 Å². The molecule has 0 radical (unpaired) electrons. The van der Waals surface area contributed by atoms with E-state index in [-0.39, 0.29) is 12.3 Å². The predicted octanol–water partition coefficient (Wildman–Crippen LogP) is 2.87. The van der Waals surface area contributed by atoms with Crippen molar-refractivity contribution >= 4 is 0 Å². The van der Waals surface area contributed by atoms with E-state index in [1.807, 2.05) is 42.5 Å². The van der Waals surface area contributed by atoms with Gasteiger partial charge in [-0.05, 0) is 23.8 Å². The highest BCUT2D eigenvalue weighted by molar-refractivity contribution is 5.60. The highest BCUT2D eigenvalue weighted by Crippen LogP contribution is 2.21. The minimum atomic E-state index is -0.197. The summed E-state index contributed by atoms with van der Waals surface area (Å²) in [6, 6.07) is 16.9. The van der Waals surface area contributed by atoms with Gasteiger partial charge in [-0.15, -0.1) is 5.10 Å². The number of aromatic amines is 1. The van der Waals surface area contributed by atoms with E-state index >= 15 is 0 Å². The summed E-state index contributed by atoms with van der Waals surface area (Å²) in [4.78, 5) is 22.9. The lowest BCUT2D eigenvalue weighted by Gasteiger charge is -2.07. The van der Waals surface area contributed by atoms with Gasteiger partial charge in [0.1, 0.15) is 6.73 Å². The van der Waals surface area contributed by atoms with Crippen molar-refractivity contribution < 1.29 is 4.74 Å². The normalized spacial score (nSPS) is 10.8. The standard InChI is InChI=1S/C20H17N5O2/c26-18-12-17(8-11-22-18)20-23-19(16-6-9-21-10-7-16)24-25(20)14-27-13-15-4-2-1-3-5-15/h1-12H,13-14H2,(H,22,26). The first-order valence-corrected chi connectivity index (χ1v) is 8.45. The third-order valence-corrected chi connectivity index (χ3v) is 3.97. The second kappa shape index (κ2) is 7.76. The molecule has 0 aliphatic heterocycles. The zero-order chi connectivity index (χ0) is 18.5. The van der Waals surface area contributed by atoms with Crippen molar-refractivity contribution in [3.8, 4) is 22.8 Å². The zero-order valence-electron chi connectivity index (χ0n) is 14.4. The average molecular weight is 359 g/mol. The van der Waals surface area contributed by atoms with Crippen molar-refractivity contribution in [1.29, 1.82) is 0 Å². The Morgan fingerprint density at radius 1 is 1.00 bits per heavy atom. The fourth-order valence-corrected chi connectivity index (χ4v) is 2.68. The Labute approximate surface area is 155 Å². The molecule has 7 nitrogen and oxygen atoms in total. The number of rotatable bonds is 6. The van der Waals surface area contributed by atoms with Crippen molar-refractivity contribution in [2.24, 2.45) is 0 Å². The maximum atomic E-state index is 11.7. The number of nitrogens with one attached hydrogen (secondary N) is 1. The van der Waals surface area contributed by atoms with Crippen LogP contribution in [-0.2, 0) is 18.1 Å². The molecule has 0 aliphatic carbocycles. The summed E-state index contributed by atoms with van der Waals surface area (Å²) in [5, 5.41) is 4.56. The number of hydrogen-bond acceptors (Lipinski definition) is 5. The average Bonchev–Trinajstić information content (AvgIpc) is 3.14. The second-order valence-electron chi connectivity index (χ2n) is 5.90. The summed E-state index contributed by atoms with van der Waals surface area (Å²) < 4.78 is 7.47. The molecule has 0 spiro atoms. The smallest absolute Gasteiger partial charge is 0.248 e. The van der Waals surface area contributed by atoms with E-state index in [4.69, 9.17) is 4.74 Å². The summed E-state index contributed by atoms with van der Waals surface area (Å²) in [5.41, 5.74) is 2.40. The van der Waals surface area contributed by atoms with Crippen molar-refractivity contribution in [3.63, 3.8) is 0 Å². The third-order valence-electron chi connectivity index (χ3n) is 3.97. The molecule has 0 aliphatic rings. The lowest BCUT2D eigenvalue weighted by molar-refractivity contribution is 0.0572. The fourth-order valence-electron chi connectivity index (χ4n) is 2.68. The van der Waals surface area contributed by atoms with Crippen LogP contribution in [0.3, 0.4) is 0 Å². The summed E-state index contributed by atoms with van der Waals surface area (Å²) in [6.07, 6.45) is 4.97. The van der Waals surface area contributed by atoms with Gasteiger partial charge in [-0.25, -0.2) is 9.67 Å². The number of benzene rings is 1. The molecule has 134 valence electrons. The van der Waals surface area contributed by atoms with Crippen molar-refractivity contribution in [3.05, 3.63) is 89.1 Å². The summed E-state index contributed by atoms with van der Waals surface area (Å²) in [5.74, 6) is 1.12. The lowest BCUT2D eigenvalue weighted by Crippen LogP contribution is -2.09. The van der Waals surface area contributed by atoms with Crippen LogP contribution >= 0.6 is 0 Å². The highest BCUT2D eigenvalue weighted by Gasteiger charge is 2.14. The van der Waals surface area contributed by atoms with E-state index in [9.17, 15) is 4.79 Å². The SMILES string of the molecule is O=c1cc(-c2nc(-c3ccncc3)nn2COCc2ccccc2)cc[nH]1. The Kier molecular flexibility index (Phi) is 4.84. The van der Waals surface area contributed by atoms with Crippen LogP contribution in [0.15, 0.2) is 78.0 Å². The third kappa shape index (κ3) is 3.99.